The van der Waals surface area contributed by atoms with E-state index in [2.05, 4.69) is 10.2 Å². The Kier molecular flexibility index (Phi) is 2.95. The van der Waals surface area contributed by atoms with Crippen molar-refractivity contribution in [3.63, 3.8) is 0 Å². The lowest BCUT2D eigenvalue weighted by atomic mass is 10.2. The maximum absolute atomic E-state index is 12.0. The van der Waals surface area contributed by atoms with Crippen LogP contribution in [-0.2, 0) is 0 Å². The first-order chi connectivity index (χ1) is 9.28. The zero-order valence-corrected chi connectivity index (χ0v) is 10.6. The summed E-state index contributed by atoms with van der Waals surface area (Å²) in [4.78, 5) is 12.0. The molecule has 1 aliphatic carbocycles. The minimum absolute atomic E-state index is 0.299. The highest BCUT2D eigenvalue weighted by atomic mass is 16.6. The lowest BCUT2D eigenvalue weighted by Gasteiger charge is -2.07. The standard InChI is InChI=1S/C14H14N2O3/c1-18-12-4-2-3-5-13(12)19-14(17)11-8-10(15-16-11)9-6-7-9/h2-5,8-9H,6-7H2,1H3,(H,15,16). The van der Waals surface area contributed by atoms with Crippen molar-refractivity contribution in [3.05, 3.63) is 41.7 Å². The molecule has 1 heterocycles. The van der Waals surface area contributed by atoms with E-state index in [-0.39, 0.29) is 0 Å². The van der Waals surface area contributed by atoms with Crippen LogP contribution in [0, 0.1) is 0 Å². The SMILES string of the molecule is COc1ccccc1OC(=O)c1cc(C2CC2)[nH]n1. The topological polar surface area (TPSA) is 64.2 Å². The molecule has 1 aromatic heterocycles. The van der Waals surface area contributed by atoms with Crippen molar-refractivity contribution in [2.75, 3.05) is 7.11 Å². The predicted molar refractivity (Wildman–Crippen MR) is 68.5 cm³/mol. The number of carbonyl (C=O) groups is 1. The van der Waals surface area contributed by atoms with Gasteiger partial charge in [-0.15, -0.1) is 0 Å². The molecule has 5 nitrogen and oxygen atoms in total. The fourth-order valence-electron chi connectivity index (χ4n) is 1.90. The second kappa shape index (κ2) is 4.76. The largest absolute Gasteiger partial charge is 0.493 e. The van der Waals surface area contributed by atoms with Crippen LogP contribution in [0.15, 0.2) is 30.3 Å². The highest BCUT2D eigenvalue weighted by molar-refractivity contribution is 5.89. The Morgan fingerprint density at radius 2 is 2.05 bits per heavy atom. The monoisotopic (exact) mass is 258 g/mol. The van der Waals surface area contributed by atoms with E-state index in [4.69, 9.17) is 9.47 Å². The van der Waals surface area contributed by atoms with Gasteiger partial charge in [0.25, 0.3) is 0 Å². The summed E-state index contributed by atoms with van der Waals surface area (Å²) in [7, 11) is 1.53. The van der Waals surface area contributed by atoms with Crippen molar-refractivity contribution in [1.82, 2.24) is 10.2 Å². The zero-order chi connectivity index (χ0) is 13.2. The number of hydrogen-bond donors (Lipinski definition) is 1. The molecule has 5 heteroatoms. The van der Waals surface area contributed by atoms with Crippen molar-refractivity contribution >= 4 is 5.97 Å². The number of nitrogens with zero attached hydrogens (tertiary/aromatic N) is 1. The molecule has 0 spiro atoms. The number of methoxy groups -OCH3 is 1. The number of H-pyrrole nitrogens is 1. The maximum Gasteiger partial charge on any atom is 0.364 e. The summed E-state index contributed by atoms with van der Waals surface area (Å²) in [5, 5.41) is 6.87. The van der Waals surface area contributed by atoms with E-state index in [1.807, 2.05) is 6.07 Å². The van der Waals surface area contributed by atoms with Crippen LogP contribution in [0.2, 0.25) is 0 Å². The Labute approximate surface area is 110 Å². The van der Waals surface area contributed by atoms with Gasteiger partial charge in [-0.25, -0.2) is 4.79 Å². The summed E-state index contributed by atoms with van der Waals surface area (Å²) in [5.74, 6) is 0.965. The summed E-state index contributed by atoms with van der Waals surface area (Å²) < 4.78 is 10.4. The van der Waals surface area contributed by atoms with Gasteiger partial charge in [0.1, 0.15) is 0 Å². The molecule has 98 valence electrons. The molecule has 1 N–H and O–H groups in total. The molecule has 0 radical (unpaired) electrons. The first kappa shape index (κ1) is 11.8. The Bertz CT molecular complexity index is 602. The van der Waals surface area contributed by atoms with Gasteiger partial charge in [-0.05, 0) is 31.0 Å². The zero-order valence-electron chi connectivity index (χ0n) is 10.6. The Morgan fingerprint density at radius 3 is 2.74 bits per heavy atom. The van der Waals surface area contributed by atoms with E-state index < -0.39 is 5.97 Å². The number of aromatic amines is 1. The number of benzene rings is 1. The fourth-order valence-corrected chi connectivity index (χ4v) is 1.90. The van der Waals surface area contributed by atoms with Crippen LogP contribution in [0.25, 0.3) is 0 Å². The molecular weight excluding hydrogens is 244 g/mol. The minimum Gasteiger partial charge on any atom is -0.493 e. The summed E-state index contributed by atoms with van der Waals surface area (Å²) in [5.41, 5.74) is 1.31. The van der Waals surface area contributed by atoms with Crippen molar-refractivity contribution in [1.29, 1.82) is 0 Å². The van der Waals surface area contributed by atoms with Gasteiger partial charge in [-0.2, -0.15) is 5.10 Å². The second-order valence-electron chi connectivity index (χ2n) is 4.52. The van der Waals surface area contributed by atoms with Crippen LogP contribution in [0.3, 0.4) is 0 Å². The van der Waals surface area contributed by atoms with Gasteiger partial charge < -0.3 is 9.47 Å². The minimum atomic E-state index is -0.479. The quantitative estimate of drug-likeness (QED) is 0.676. The third kappa shape index (κ3) is 2.45. The molecule has 1 fully saturated rings. The van der Waals surface area contributed by atoms with Gasteiger partial charge in [0.15, 0.2) is 17.2 Å². The number of nitrogens with one attached hydrogen (secondary N) is 1. The molecule has 0 saturated heterocycles. The van der Waals surface area contributed by atoms with Crippen molar-refractivity contribution in [3.8, 4) is 11.5 Å². The lowest BCUT2D eigenvalue weighted by Crippen LogP contribution is -2.09. The van der Waals surface area contributed by atoms with Crippen LogP contribution in [0.5, 0.6) is 11.5 Å². The van der Waals surface area contributed by atoms with Crippen molar-refractivity contribution in [2.24, 2.45) is 0 Å². The van der Waals surface area contributed by atoms with E-state index in [1.54, 1.807) is 24.3 Å². The highest BCUT2D eigenvalue weighted by Gasteiger charge is 2.27. The molecule has 19 heavy (non-hydrogen) atoms. The van der Waals surface area contributed by atoms with Gasteiger partial charge in [0.05, 0.1) is 7.11 Å². The Morgan fingerprint density at radius 1 is 1.32 bits per heavy atom. The number of hydrogen-bond acceptors (Lipinski definition) is 4. The van der Waals surface area contributed by atoms with Gasteiger partial charge in [-0.3, -0.25) is 5.10 Å². The molecule has 1 saturated carbocycles. The van der Waals surface area contributed by atoms with Crippen LogP contribution in [-0.4, -0.2) is 23.3 Å². The molecule has 0 unspecified atom stereocenters. The molecule has 0 bridgehead atoms. The first-order valence-corrected chi connectivity index (χ1v) is 6.18. The lowest BCUT2D eigenvalue weighted by molar-refractivity contribution is 0.0723. The third-order valence-corrected chi connectivity index (χ3v) is 3.10. The molecule has 2 aromatic rings. The van der Waals surface area contributed by atoms with Gasteiger partial charge >= 0.3 is 5.97 Å². The summed E-state index contributed by atoms with van der Waals surface area (Å²) in [6.45, 7) is 0. The van der Waals surface area contributed by atoms with E-state index in [0.29, 0.717) is 23.1 Å². The molecular formula is C14H14N2O3. The molecule has 0 aliphatic heterocycles. The molecule has 0 amide bonds. The molecule has 0 atom stereocenters. The van der Waals surface area contributed by atoms with Crippen molar-refractivity contribution in [2.45, 2.75) is 18.8 Å². The van der Waals surface area contributed by atoms with Crippen LogP contribution in [0.1, 0.15) is 34.9 Å². The van der Waals surface area contributed by atoms with Gasteiger partial charge in [0, 0.05) is 11.6 Å². The average molecular weight is 258 g/mol. The normalized spacial score (nSPS) is 14.2. The molecule has 1 aliphatic rings. The maximum atomic E-state index is 12.0. The molecule has 1 aromatic carbocycles. The summed E-state index contributed by atoms with van der Waals surface area (Å²) >= 11 is 0. The fraction of sp³-hybridized carbons (Fsp3) is 0.286. The average Bonchev–Trinajstić information content (AvgIpc) is 3.17. The Balaban J connectivity index is 1.76. The number of rotatable bonds is 4. The molecule has 3 rings (SSSR count). The van der Waals surface area contributed by atoms with E-state index in [1.165, 1.54) is 7.11 Å². The number of para-hydroxylation sites is 2. The van der Waals surface area contributed by atoms with Crippen LogP contribution >= 0.6 is 0 Å². The summed E-state index contributed by atoms with van der Waals surface area (Å²) in [6, 6.07) is 8.78. The Hall–Kier alpha value is -2.30. The van der Waals surface area contributed by atoms with E-state index >= 15 is 0 Å². The van der Waals surface area contributed by atoms with Crippen molar-refractivity contribution < 1.29 is 14.3 Å². The van der Waals surface area contributed by atoms with Gasteiger partial charge in [0.2, 0.25) is 0 Å². The number of esters is 1. The van der Waals surface area contributed by atoms with E-state index in [0.717, 1.165) is 18.5 Å². The summed E-state index contributed by atoms with van der Waals surface area (Å²) in [6.07, 6.45) is 2.31. The second-order valence-corrected chi connectivity index (χ2v) is 4.52. The number of carbonyl (C=O) groups excluding carboxylic acids is 1. The third-order valence-electron chi connectivity index (χ3n) is 3.10. The van der Waals surface area contributed by atoms with Crippen LogP contribution < -0.4 is 9.47 Å². The highest BCUT2D eigenvalue weighted by Crippen LogP contribution is 2.39. The van der Waals surface area contributed by atoms with Gasteiger partial charge in [-0.1, -0.05) is 12.1 Å². The number of ether oxygens (including phenoxy) is 2. The predicted octanol–water partition coefficient (Wildman–Crippen LogP) is 2.51. The smallest absolute Gasteiger partial charge is 0.364 e. The van der Waals surface area contributed by atoms with Crippen LogP contribution in [0.4, 0.5) is 0 Å². The number of aromatic nitrogens is 2. The van der Waals surface area contributed by atoms with E-state index in [9.17, 15) is 4.79 Å². The first-order valence-electron chi connectivity index (χ1n) is 6.18.